The molecule has 0 radical (unpaired) electrons. The summed E-state index contributed by atoms with van der Waals surface area (Å²) in [7, 11) is 0. The van der Waals surface area contributed by atoms with E-state index in [9.17, 15) is 0 Å². The van der Waals surface area contributed by atoms with Gasteiger partial charge in [-0.2, -0.15) is 11.8 Å². The van der Waals surface area contributed by atoms with Gasteiger partial charge in [-0.25, -0.2) is 0 Å². The van der Waals surface area contributed by atoms with Crippen molar-refractivity contribution in [3.05, 3.63) is 0 Å². The summed E-state index contributed by atoms with van der Waals surface area (Å²) in [6.07, 6.45) is 4.18. The maximum atomic E-state index is 3.58. The van der Waals surface area contributed by atoms with Crippen LogP contribution in [0.4, 0.5) is 0 Å². The molecule has 0 amide bonds. The van der Waals surface area contributed by atoms with Crippen LogP contribution < -0.4 is 10.6 Å². The Labute approximate surface area is 98.0 Å². The van der Waals surface area contributed by atoms with Crippen molar-refractivity contribution in [2.75, 3.05) is 31.9 Å². The maximum Gasteiger partial charge on any atom is 0.00716 e. The molecule has 3 heteroatoms. The molecule has 0 bridgehead atoms. The van der Waals surface area contributed by atoms with E-state index in [4.69, 9.17) is 0 Å². The Morgan fingerprint density at radius 1 is 1.33 bits per heavy atom. The average molecular weight is 228 g/mol. The zero-order chi connectivity index (χ0) is 10.5. The molecule has 2 fully saturated rings. The van der Waals surface area contributed by atoms with Crippen molar-refractivity contribution < 1.29 is 0 Å². The predicted molar refractivity (Wildman–Crippen MR) is 68.5 cm³/mol. The van der Waals surface area contributed by atoms with E-state index in [-0.39, 0.29) is 0 Å². The van der Waals surface area contributed by atoms with Crippen LogP contribution in [-0.2, 0) is 0 Å². The number of hydrogen-bond acceptors (Lipinski definition) is 3. The lowest BCUT2D eigenvalue weighted by Gasteiger charge is -2.21. The summed E-state index contributed by atoms with van der Waals surface area (Å²) in [6, 6.07) is 0. The van der Waals surface area contributed by atoms with E-state index in [2.05, 4.69) is 29.3 Å². The monoisotopic (exact) mass is 228 g/mol. The Bertz CT molecular complexity index is 180. The van der Waals surface area contributed by atoms with Gasteiger partial charge in [0.25, 0.3) is 0 Å². The summed E-state index contributed by atoms with van der Waals surface area (Å²) in [6.45, 7) is 7.28. The number of rotatable bonds is 6. The first-order valence-electron chi connectivity index (χ1n) is 6.39. The zero-order valence-corrected chi connectivity index (χ0v) is 10.6. The summed E-state index contributed by atoms with van der Waals surface area (Å²) in [5, 5.41) is 7.92. The van der Waals surface area contributed by atoms with E-state index >= 15 is 0 Å². The smallest absolute Gasteiger partial charge is 0.00716 e. The molecule has 2 unspecified atom stereocenters. The Morgan fingerprint density at radius 3 is 2.73 bits per heavy atom. The lowest BCUT2D eigenvalue weighted by Crippen LogP contribution is -2.30. The average Bonchev–Trinajstić information content (AvgIpc) is 2.96. The van der Waals surface area contributed by atoms with Crippen LogP contribution in [0.1, 0.15) is 26.2 Å². The molecule has 1 saturated heterocycles. The highest BCUT2D eigenvalue weighted by molar-refractivity contribution is 7.99. The third-order valence-corrected chi connectivity index (χ3v) is 4.98. The zero-order valence-electron chi connectivity index (χ0n) is 9.80. The van der Waals surface area contributed by atoms with E-state index < -0.39 is 0 Å². The summed E-state index contributed by atoms with van der Waals surface area (Å²) in [5.74, 6) is 3.29. The fourth-order valence-electron chi connectivity index (χ4n) is 2.23. The number of piperidine rings is 1. The van der Waals surface area contributed by atoms with Gasteiger partial charge in [0.2, 0.25) is 0 Å². The van der Waals surface area contributed by atoms with Gasteiger partial charge in [0.1, 0.15) is 0 Å². The highest BCUT2D eigenvalue weighted by Crippen LogP contribution is 2.36. The first kappa shape index (κ1) is 11.7. The SMILES string of the molecule is CC1CC1CNCCSC1CCNCC1. The van der Waals surface area contributed by atoms with Crippen LogP contribution in [0, 0.1) is 11.8 Å². The fourth-order valence-corrected chi connectivity index (χ4v) is 3.40. The summed E-state index contributed by atoms with van der Waals surface area (Å²) >= 11 is 2.17. The molecule has 15 heavy (non-hydrogen) atoms. The fraction of sp³-hybridized carbons (Fsp3) is 1.00. The molecule has 0 aromatic rings. The Balaban J connectivity index is 1.41. The molecule has 2 aliphatic rings. The second-order valence-electron chi connectivity index (χ2n) is 5.00. The van der Waals surface area contributed by atoms with Crippen molar-refractivity contribution in [2.24, 2.45) is 11.8 Å². The summed E-state index contributed by atoms with van der Waals surface area (Å²) < 4.78 is 0. The quantitative estimate of drug-likeness (QED) is 0.677. The molecule has 2 rings (SSSR count). The predicted octanol–water partition coefficient (Wildman–Crippen LogP) is 1.72. The first-order chi connectivity index (χ1) is 7.36. The highest BCUT2D eigenvalue weighted by Gasteiger charge is 2.31. The lowest BCUT2D eigenvalue weighted by atomic mass is 10.2. The molecule has 2 atom stereocenters. The van der Waals surface area contributed by atoms with E-state index in [1.807, 2.05) is 0 Å². The van der Waals surface area contributed by atoms with Crippen LogP contribution in [0.3, 0.4) is 0 Å². The van der Waals surface area contributed by atoms with E-state index in [0.29, 0.717) is 0 Å². The van der Waals surface area contributed by atoms with Gasteiger partial charge in [0.15, 0.2) is 0 Å². The molecule has 1 saturated carbocycles. The maximum absolute atomic E-state index is 3.58. The van der Waals surface area contributed by atoms with E-state index in [1.54, 1.807) is 0 Å². The molecule has 1 heterocycles. The second-order valence-corrected chi connectivity index (χ2v) is 6.41. The van der Waals surface area contributed by atoms with Crippen molar-refractivity contribution in [1.29, 1.82) is 0 Å². The third-order valence-electron chi connectivity index (χ3n) is 3.60. The molecule has 1 aliphatic heterocycles. The topological polar surface area (TPSA) is 24.1 Å². The molecular formula is C12H24N2S. The lowest BCUT2D eigenvalue weighted by molar-refractivity contribution is 0.531. The number of nitrogens with one attached hydrogen (secondary N) is 2. The van der Waals surface area contributed by atoms with Gasteiger partial charge in [-0.15, -0.1) is 0 Å². The van der Waals surface area contributed by atoms with Crippen LogP contribution in [0.5, 0.6) is 0 Å². The van der Waals surface area contributed by atoms with Gasteiger partial charge in [-0.1, -0.05) is 6.92 Å². The van der Waals surface area contributed by atoms with Crippen molar-refractivity contribution in [1.82, 2.24) is 10.6 Å². The van der Waals surface area contributed by atoms with Gasteiger partial charge in [0.05, 0.1) is 0 Å². The van der Waals surface area contributed by atoms with E-state index in [1.165, 1.54) is 51.2 Å². The highest BCUT2D eigenvalue weighted by atomic mass is 32.2. The molecule has 2 nitrogen and oxygen atoms in total. The van der Waals surface area contributed by atoms with Crippen LogP contribution in [0.15, 0.2) is 0 Å². The molecule has 0 spiro atoms. The van der Waals surface area contributed by atoms with Gasteiger partial charge in [-0.3, -0.25) is 0 Å². The minimum atomic E-state index is 0.924. The Morgan fingerprint density at radius 2 is 2.07 bits per heavy atom. The summed E-state index contributed by atoms with van der Waals surface area (Å²) in [5.41, 5.74) is 0. The summed E-state index contributed by atoms with van der Waals surface area (Å²) in [4.78, 5) is 0. The molecule has 0 aromatic carbocycles. The first-order valence-corrected chi connectivity index (χ1v) is 7.44. The second kappa shape index (κ2) is 6.12. The van der Waals surface area contributed by atoms with Crippen LogP contribution in [0.2, 0.25) is 0 Å². The molecule has 1 aliphatic carbocycles. The van der Waals surface area contributed by atoms with Crippen molar-refractivity contribution >= 4 is 11.8 Å². The Hall–Kier alpha value is 0.270. The van der Waals surface area contributed by atoms with Crippen LogP contribution in [0.25, 0.3) is 0 Å². The van der Waals surface area contributed by atoms with Gasteiger partial charge < -0.3 is 10.6 Å². The van der Waals surface area contributed by atoms with Crippen LogP contribution >= 0.6 is 11.8 Å². The van der Waals surface area contributed by atoms with E-state index in [0.717, 1.165) is 17.1 Å². The molecule has 88 valence electrons. The molecular weight excluding hydrogens is 204 g/mol. The van der Waals surface area contributed by atoms with Gasteiger partial charge in [-0.05, 0) is 50.7 Å². The minimum absolute atomic E-state index is 0.924. The van der Waals surface area contributed by atoms with Crippen molar-refractivity contribution in [3.8, 4) is 0 Å². The van der Waals surface area contributed by atoms with Crippen molar-refractivity contribution in [2.45, 2.75) is 31.4 Å². The van der Waals surface area contributed by atoms with Gasteiger partial charge >= 0.3 is 0 Å². The number of thioether (sulfide) groups is 1. The van der Waals surface area contributed by atoms with Crippen LogP contribution in [-0.4, -0.2) is 37.2 Å². The normalized spacial score (nSPS) is 31.8. The largest absolute Gasteiger partial charge is 0.317 e. The van der Waals surface area contributed by atoms with Gasteiger partial charge in [0, 0.05) is 17.5 Å². The molecule has 2 N–H and O–H groups in total. The van der Waals surface area contributed by atoms with Crippen molar-refractivity contribution in [3.63, 3.8) is 0 Å². The standard InChI is InChI=1S/C12H24N2S/c1-10-8-11(10)9-14-6-7-15-12-2-4-13-5-3-12/h10-14H,2-9H2,1H3. The Kier molecular flexibility index (Phi) is 4.79. The molecule has 0 aromatic heterocycles. The number of hydrogen-bond donors (Lipinski definition) is 2. The third kappa shape index (κ3) is 4.33. The minimum Gasteiger partial charge on any atom is -0.317 e.